The van der Waals surface area contributed by atoms with E-state index in [-0.39, 0.29) is 18.9 Å². The Kier molecular flexibility index (Phi) is 5.60. The van der Waals surface area contributed by atoms with Crippen LogP contribution in [-0.4, -0.2) is 35.1 Å². The zero-order valence-electron chi connectivity index (χ0n) is 13.9. The van der Waals surface area contributed by atoms with Crippen molar-refractivity contribution in [2.24, 2.45) is 5.92 Å². The largest absolute Gasteiger partial charge is 0.406 e. The number of hydrogen-bond donors (Lipinski definition) is 0. The molecule has 3 rings (SSSR count). The van der Waals surface area contributed by atoms with Gasteiger partial charge >= 0.3 is 6.18 Å². The summed E-state index contributed by atoms with van der Waals surface area (Å²) in [5.41, 5.74) is 0.982. The summed E-state index contributed by atoms with van der Waals surface area (Å²) in [6.45, 7) is -1.09. The van der Waals surface area contributed by atoms with Crippen molar-refractivity contribution in [3.05, 3.63) is 41.2 Å². The first-order chi connectivity index (χ1) is 12.3. The van der Waals surface area contributed by atoms with Crippen LogP contribution in [0, 0.1) is 11.7 Å². The van der Waals surface area contributed by atoms with Crippen LogP contribution in [0.4, 0.5) is 17.6 Å². The minimum absolute atomic E-state index is 0.138. The fourth-order valence-corrected chi connectivity index (χ4v) is 3.68. The summed E-state index contributed by atoms with van der Waals surface area (Å²) in [5, 5.41) is 2.17. The third-order valence-corrected chi connectivity index (χ3v) is 5.32. The Labute approximate surface area is 152 Å². The van der Waals surface area contributed by atoms with Crippen molar-refractivity contribution in [2.75, 3.05) is 13.1 Å². The Morgan fingerprint density at radius 3 is 2.69 bits per heavy atom. The first kappa shape index (κ1) is 18.8. The summed E-state index contributed by atoms with van der Waals surface area (Å²) >= 11 is 1.24. The van der Waals surface area contributed by atoms with Crippen LogP contribution in [0.5, 0.6) is 0 Å². The van der Waals surface area contributed by atoms with E-state index in [1.165, 1.54) is 23.5 Å². The van der Waals surface area contributed by atoms with Crippen LogP contribution in [0.15, 0.2) is 29.6 Å². The highest BCUT2D eigenvalue weighted by molar-refractivity contribution is 7.13. The van der Waals surface area contributed by atoms with Crippen LogP contribution >= 0.6 is 11.3 Å². The molecule has 0 unspecified atom stereocenters. The lowest BCUT2D eigenvalue weighted by molar-refractivity contribution is -0.162. The van der Waals surface area contributed by atoms with Gasteiger partial charge in [0.25, 0.3) is 0 Å². The van der Waals surface area contributed by atoms with Gasteiger partial charge in [0.2, 0.25) is 5.91 Å². The Hall–Kier alpha value is -1.96. The van der Waals surface area contributed by atoms with Gasteiger partial charge in [-0.3, -0.25) is 4.79 Å². The van der Waals surface area contributed by atoms with Gasteiger partial charge in [-0.1, -0.05) is 18.6 Å². The first-order valence-corrected chi connectivity index (χ1v) is 9.23. The smallest absolute Gasteiger partial charge is 0.333 e. The molecule has 1 aromatic carbocycles. The average molecular weight is 386 g/mol. The molecule has 1 amide bonds. The average Bonchev–Trinajstić information content (AvgIpc) is 2.97. The Morgan fingerprint density at radius 2 is 2.08 bits per heavy atom. The van der Waals surface area contributed by atoms with E-state index in [1.54, 1.807) is 17.5 Å². The monoisotopic (exact) mass is 386 g/mol. The minimum atomic E-state index is -4.42. The number of amides is 1. The molecular weight excluding hydrogens is 368 g/mol. The summed E-state index contributed by atoms with van der Waals surface area (Å²) < 4.78 is 51.7. The van der Waals surface area contributed by atoms with E-state index in [2.05, 4.69) is 4.98 Å². The molecule has 140 valence electrons. The van der Waals surface area contributed by atoms with Crippen LogP contribution < -0.4 is 0 Å². The first-order valence-electron chi connectivity index (χ1n) is 8.35. The quantitative estimate of drug-likeness (QED) is 0.676. The number of halogens is 4. The number of nitrogens with zero attached hydrogens (tertiary/aromatic N) is 2. The molecule has 0 aliphatic heterocycles. The standard InChI is InChI=1S/C18H18F4N2OS/c19-14-6-2-5-13(7-14)17-23-15(10-26-17)8-16(25)24(11-18(20,21)22)9-12-3-1-4-12/h2,5-7,10,12H,1,3-4,8-9,11H2. The maximum absolute atomic E-state index is 13.3. The Balaban J connectivity index is 1.68. The molecule has 1 fully saturated rings. The lowest BCUT2D eigenvalue weighted by atomic mass is 9.85. The normalized spacial score (nSPS) is 14.9. The van der Waals surface area contributed by atoms with Crippen molar-refractivity contribution >= 4 is 17.2 Å². The lowest BCUT2D eigenvalue weighted by Gasteiger charge is -2.32. The van der Waals surface area contributed by atoms with E-state index in [9.17, 15) is 22.4 Å². The van der Waals surface area contributed by atoms with Crippen molar-refractivity contribution < 1.29 is 22.4 Å². The molecule has 2 aromatic rings. The van der Waals surface area contributed by atoms with Gasteiger partial charge in [-0.25, -0.2) is 9.37 Å². The van der Waals surface area contributed by atoms with E-state index in [0.29, 0.717) is 16.3 Å². The van der Waals surface area contributed by atoms with E-state index in [1.807, 2.05) is 0 Å². The molecule has 0 N–H and O–H groups in total. The highest BCUT2D eigenvalue weighted by Crippen LogP contribution is 2.29. The fourth-order valence-electron chi connectivity index (χ4n) is 2.87. The topological polar surface area (TPSA) is 33.2 Å². The maximum Gasteiger partial charge on any atom is 0.406 e. The third-order valence-electron chi connectivity index (χ3n) is 4.38. The number of aromatic nitrogens is 1. The van der Waals surface area contributed by atoms with Gasteiger partial charge in [0.15, 0.2) is 0 Å². The molecule has 1 heterocycles. The molecule has 3 nitrogen and oxygen atoms in total. The molecule has 0 saturated heterocycles. The number of thiazole rings is 1. The lowest BCUT2D eigenvalue weighted by Crippen LogP contribution is -2.43. The zero-order chi connectivity index (χ0) is 18.7. The Morgan fingerprint density at radius 1 is 1.31 bits per heavy atom. The predicted octanol–water partition coefficient (Wildman–Crippen LogP) is 4.68. The van der Waals surface area contributed by atoms with Crippen molar-refractivity contribution in [3.63, 3.8) is 0 Å². The summed E-state index contributed by atoms with van der Waals surface area (Å²) in [4.78, 5) is 17.6. The molecule has 0 radical (unpaired) electrons. The molecule has 1 aromatic heterocycles. The number of carbonyl (C=O) groups is 1. The van der Waals surface area contributed by atoms with E-state index in [0.717, 1.165) is 24.2 Å². The Bertz CT molecular complexity index is 771. The summed E-state index contributed by atoms with van der Waals surface area (Å²) in [7, 11) is 0. The number of alkyl halides is 3. The van der Waals surface area contributed by atoms with Gasteiger partial charge in [-0.15, -0.1) is 11.3 Å². The second-order valence-electron chi connectivity index (χ2n) is 6.52. The van der Waals surface area contributed by atoms with Gasteiger partial charge in [0.05, 0.1) is 12.1 Å². The van der Waals surface area contributed by atoms with Gasteiger partial charge in [0.1, 0.15) is 17.4 Å². The van der Waals surface area contributed by atoms with E-state index in [4.69, 9.17) is 0 Å². The van der Waals surface area contributed by atoms with Crippen LogP contribution in [0.25, 0.3) is 10.6 Å². The molecule has 26 heavy (non-hydrogen) atoms. The summed E-state index contributed by atoms with van der Waals surface area (Å²) in [6.07, 6.45) is -1.88. The SMILES string of the molecule is O=C(Cc1csc(-c2cccc(F)c2)n1)N(CC1CCC1)CC(F)(F)F. The highest BCUT2D eigenvalue weighted by Gasteiger charge is 2.35. The van der Waals surface area contributed by atoms with Crippen molar-refractivity contribution in [1.29, 1.82) is 0 Å². The van der Waals surface area contributed by atoms with Crippen LogP contribution in [0.2, 0.25) is 0 Å². The zero-order valence-corrected chi connectivity index (χ0v) is 14.7. The molecular formula is C18H18F4N2OS. The van der Waals surface area contributed by atoms with Crippen LogP contribution in [0.1, 0.15) is 25.0 Å². The van der Waals surface area contributed by atoms with E-state index < -0.39 is 24.4 Å². The van der Waals surface area contributed by atoms with Crippen LogP contribution in [-0.2, 0) is 11.2 Å². The fraction of sp³-hybridized carbons (Fsp3) is 0.444. The summed E-state index contributed by atoms with van der Waals surface area (Å²) in [5.74, 6) is -0.822. The molecule has 8 heteroatoms. The van der Waals surface area contributed by atoms with Gasteiger partial charge < -0.3 is 4.90 Å². The molecule has 0 atom stereocenters. The number of hydrogen-bond acceptors (Lipinski definition) is 3. The molecule has 0 spiro atoms. The minimum Gasteiger partial charge on any atom is -0.333 e. The molecule has 1 saturated carbocycles. The highest BCUT2D eigenvalue weighted by atomic mass is 32.1. The second kappa shape index (κ2) is 7.73. The van der Waals surface area contributed by atoms with Crippen molar-refractivity contribution in [1.82, 2.24) is 9.88 Å². The number of benzene rings is 1. The predicted molar refractivity (Wildman–Crippen MR) is 91.2 cm³/mol. The van der Waals surface area contributed by atoms with Gasteiger partial charge in [-0.05, 0) is 30.9 Å². The maximum atomic E-state index is 13.3. The third kappa shape index (κ3) is 5.03. The number of rotatable bonds is 6. The molecule has 1 aliphatic carbocycles. The second-order valence-corrected chi connectivity index (χ2v) is 7.38. The molecule has 1 aliphatic rings. The summed E-state index contributed by atoms with van der Waals surface area (Å²) in [6, 6.07) is 5.90. The van der Waals surface area contributed by atoms with Crippen molar-refractivity contribution in [2.45, 2.75) is 31.9 Å². The van der Waals surface area contributed by atoms with E-state index >= 15 is 0 Å². The number of carbonyl (C=O) groups excluding carboxylic acids is 1. The van der Waals surface area contributed by atoms with Gasteiger partial charge in [-0.2, -0.15) is 13.2 Å². The van der Waals surface area contributed by atoms with Gasteiger partial charge in [0, 0.05) is 17.5 Å². The molecule has 0 bridgehead atoms. The van der Waals surface area contributed by atoms with Crippen LogP contribution in [0.3, 0.4) is 0 Å². The van der Waals surface area contributed by atoms with Crippen molar-refractivity contribution in [3.8, 4) is 10.6 Å².